The monoisotopic (exact) mass is 290 g/mol. The Morgan fingerprint density at radius 2 is 1.90 bits per heavy atom. The number of rotatable bonds is 10. The minimum Gasteiger partial charge on any atom is -0.508 e. The summed E-state index contributed by atoms with van der Waals surface area (Å²) >= 11 is 0. The van der Waals surface area contributed by atoms with Crippen LogP contribution in [0, 0.1) is 0 Å². The van der Waals surface area contributed by atoms with Gasteiger partial charge in [0.25, 0.3) is 0 Å². The van der Waals surface area contributed by atoms with Crippen LogP contribution in [0.25, 0.3) is 0 Å². The summed E-state index contributed by atoms with van der Waals surface area (Å²) in [5.74, 6) is 0.133. The molecule has 4 heteroatoms. The summed E-state index contributed by atoms with van der Waals surface area (Å²) in [6.07, 6.45) is 10.4. The van der Waals surface area contributed by atoms with Crippen LogP contribution in [0.5, 0.6) is 5.75 Å². The van der Waals surface area contributed by atoms with Crippen LogP contribution in [0.2, 0.25) is 0 Å². The number of carbonyl (C=O) groups excluding carboxylic acids is 1. The molecule has 4 nitrogen and oxygen atoms in total. The summed E-state index contributed by atoms with van der Waals surface area (Å²) in [4.78, 5) is 11.6. The van der Waals surface area contributed by atoms with Crippen molar-refractivity contribution >= 4 is 12.1 Å². The number of phenolic OH excluding ortho intramolecular Hbond substituents is 1. The molecule has 0 aromatic heterocycles. The lowest BCUT2D eigenvalue weighted by atomic mass is 10.1. The minimum absolute atomic E-state index is 0.0556. The highest BCUT2D eigenvalue weighted by molar-refractivity contribution is 5.82. The first-order valence-corrected chi connectivity index (χ1v) is 7.83. The lowest BCUT2D eigenvalue weighted by Gasteiger charge is -2.01. The maximum Gasteiger partial charge on any atom is 0.240 e. The van der Waals surface area contributed by atoms with E-state index in [-0.39, 0.29) is 11.7 Å². The molecule has 0 saturated carbocycles. The van der Waals surface area contributed by atoms with Crippen LogP contribution in [0.3, 0.4) is 0 Å². The van der Waals surface area contributed by atoms with Crippen molar-refractivity contribution in [3.05, 3.63) is 29.8 Å². The number of hydrogen-bond acceptors (Lipinski definition) is 3. The Morgan fingerprint density at radius 1 is 1.19 bits per heavy atom. The molecule has 0 radical (unpaired) electrons. The highest BCUT2D eigenvalue weighted by atomic mass is 16.3. The molecular weight excluding hydrogens is 264 g/mol. The summed E-state index contributed by atoms with van der Waals surface area (Å²) in [6.45, 7) is 2.21. The largest absolute Gasteiger partial charge is 0.508 e. The van der Waals surface area contributed by atoms with Crippen LogP contribution in [-0.2, 0) is 4.79 Å². The molecule has 1 rings (SSSR count). The normalized spacial score (nSPS) is 10.9. The molecule has 0 aliphatic rings. The van der Waals surface area contributed by atoms with E-state index in [2.05, 4.69) is 17.5 Å². The number of nitrogens with one attached hydrogen (secondary N) is 1. The molecule has 0 bridgehead atoms. The zero-order chi connectivity index (χ0) is 15.3. The fourth-order valence-corrected chi connectivity index (χ4v) is 2.08. The fourth-order valence-electron chi connectivity index (χ4n) is 2.08. The summed E-state index contributed by atoms with van der Waals surface area (Å²) in [6, 6.07) is 6.73. The minimum atomic E-state index is -0.0556. The van der Waals surface area contributed by atoms with Gasteiger partial charge >= 0.3 is 0 Å². The van der Waals surface area contributed by atoms with E-state index >= 15 is 0 Å². The van der Waals surface area contributed by atoms with E-state index in [1.165, 1.54) is 38.3 Å². The predicted molar refractivity (Wildman–Crippen MR) is 86.5 cm³/mol. The number of phenols is 1. The first-order chi connectivity index (χ1) is 10.2. The van der Waals surface area contributed by atoms with Crippen LogP contribution >= 0.6 is 0 Å². The number of nitrogens with zero attached hydrogens (tertiary/aromatic N) is 1. The van der Waals surface area contributed by atoms with Gasteiger partial charge < -0.3 is 5.11 Å². The van der Waals surface area contributed by atoms with Gasteiger partial charge in [-0.3, -0.25) is 4.79 Å². The predicted octanol–water partition coefficient (Wildman–Crippen LogP) is 3.98. The molecule has 0 spiro atoms. The molecule has 0 aliphatic heterocycles. The maximum atomic E-state index is 11.6. The molecule has 0 fully saturated rings. The summed E-state index contributed by atoms with van der Waals surface area (Å²) in [7, 11) is 0. The van der Waals surface area contributed by atoms with Gasteiger partial charge in [-0.25, -0.2) is 5.43 Å². The van der Waals surface area contributed by atoms with Crippen LogP contribution < -0.4 is 5.43 Å². The van der Waals surface area contributed by atoms with E-state index in [0.29, 0.717) is 6.42 Å². The van der Waals surface area contributed by atoms with E-state index in [1.807, 2.05) is 6.07 Å². The van der Waals surface area contributed by atoms with Crippen molar-refractivity contribution in [1.82, 2.24) is 5.43 Å². The maximum absolute atomic E-state index is 11.6. The van der Waals surface area contributed by atoms with Crippen molar-refractivity contribution in [2.24, 2.45) is 5.10 Å². The van der Waals surface area contributed by atoms with E-state index < -0.39 is 0 Å². The van der Waals surface area contributed by atoms with Crippen molar-refractivity contribution in [1.29, 1.82) is 0 Å². The van der Waals surface area contributed by atoms with Crippen molar-refractivity contribution in [3.8, 4) is 5.75 Å². The Hall–Kier alpha value is -1.84. The van der Waals surface area contributed by atoms with Gasteiger partial charge in [-0.2, -0.15) is 5.10 Å². The zero-order valence-corrected chi connectivity index (χ0v) is 12.8. The number of hydrogen-bond donors (Lipinski definition) is 2. The number of amides is 1. The van der Waals surface area contributed by atoms with E-state index in [1.54, 1.807) is 18.2 Å². The number of unbranched alkanes of at least 4 members (excludes halogenated alkanes) is 6. The Labute approximate surface area is 127 Å². The molecule has 0 aliphatic carbocycles. The highest BCUT2D eigenvalue weighted by Gasteiger charge is 1.99. The quantitative estimate of drug-likeness (QED) is 0.389. The van der Waals surface area contributed by atoms with E-state index in [9.17, 15) is 9.90 Å². The average molecular weight is 290 g/mol. The van der Waals surface area contributed by atoms with Gasteiger partial charge in [0.15, 0.2) is 0 Å². The lowest BCUT2D eigenvalue weighted by Crippen LogP contribution is -2.16. The van der Waals surface area contributed by atoms with Gasteiger partial charge in [0, 0.05) is 6.42 Å². The van der Waals surface area contributed by atoms with Gasteiger partial charge in [-0.05, 0) is 24.1 Å². The number of benzene rings is 1. The number of hydrazone groups is 1. The van der Waals surface area contributed by atoms with Gasteiger partial charge in [-0.1, -0.05) is 57.6 Å². The Morgan fingerprint density at radius 3 is 2.62 bits per heavy atom. The van der Waals surface area contributed by atoms with E-state index in [4.69, 9.17) is 0 Å². The second-order valence-corrected chi connectivity index (χ2v) is 5.26. The van der Waals surface area contributed by atoms with Gasteiger partial charge in [-0.15, -0.1) is 0 Å². The SMILES string of the molecule is CCCCCCCCCC(=O)N/N=C/c1cccc(O)c1. The highest BCUT2D eigenvalue weighted by Crippen LogP contribution is 2.09. The van der Waals surface area contributed by atoms with Crippen LogP contribution in [-0.4, -0.2) is 17.2 Å². The molecule has 0 heterocycles. The standard InChI is InChI=1S/C17H26N2O2/c1-2-3-4-5-6-7-8-12-17(21)19-18-14-15-10-9-11-16(20)13-15/h9-11,13-14,20H,2-8,12H2,1H3,(H,19,21)/b18-14+. The van der Waals surface area contributed by atoms with Gasteiger partial charge in [0.05, 0.1) is 6.21 Å². The summed E-state index contributed by atoms with van der Waals surface area (Å²) in [5.41, 5.74) is 3.27. The second kappa shape index (κ2) is 10.9. The number of carbonyl (C=O) groups is 1. The molecule has 0 unspecified atom stereocenters. The Bertz CT molecular complexity index is 444. The fraction of sp³-hybridized carbons (Fsp3) is 0.529. The summed E-state index contributed by atoms with van der Waals surface area (Å²) in [5, 5.41) is 13.2. The van der Waals surface area contributed by atoms with Crippen LogP contribution in [0.15, 0.2) is 29.4 Å². The third kappa shape index (κ3) is 8.84. The number of aromatic hydroxyl groups is 1. The lowest BCUT2D eigenvalue weighted by molar-refractivity contribution is -0.121. The molecule has 2 N–H and O–H groups in total. The first-order valence-electron chi connectivity index (χ1n) is 7.83. The molecule has 21 heavy (non-hydrogen) atoms. The average Bonchev–Trinajstić information content (AvgIpc) is 2.46. The third-order valence-corrected chi connectivity index (χ3v) is 3.28. The molecule has 1 aromatic carbocycles. The topological polar surface area (TPSA) is 61.7 Å². The van der Waals surface area contributed by atoms with Crippen molar-refractivity contribution in [2.45, 2.75) is 58.3 Å². The van der Waals surface area contributed by atoms with E-state index in [0.717, 1.165) is 18.4 Å². The molecule has 116 valence electrons. The van der Waals surface area contributed by atoms with Crippen molar-refractivity contribution in [2.75, 3.05) is 0 Å². The Balaban J connectivity index is 2.08. The Kier molecular flexibility index (Phi) is 8.93. The molecule has 1 amide bonds. The summed E-state index contributed by atoms with van der Waals surface area (Å²) < 4.78 is 0. The molecular formula is C17H26N2O2. The smallest absolute Gasteiger partial charge is 0.240 e. The van der Waals surface area contributed by atoms with Crippen molar-refractivity contribution < 1.29 is 9.90 Å². The van der Waals surface area contributed by atoms with Gasteiger partial charge in [0.2, 0.25) is 5.91 Å². The van der Waals surface area contributed by atoms with Crippen LogP contribution in [0.1, 0.15) is 63.9 Å². The second-order valence-electron chi connectivity index (χ2n) is 5.26. The first kappa shape index (κ1) is 17.2. The zero-order valence-electron chi connectivity index (χ0n) is 12.8. The molecule has 0 saturated heterocycles. The van der Waals surface area contributed by atoms with Crippen molar-refractivity contribution in [3.63, 3.8) is 0 Å². The molecule has 0 atom stereocenters. The third-order valence-electron chi connectivity index (χ3n) is 3.28. The van der Waals surface area contributed by atoms with Crippen LogP contribution in [0.4, 0.5) is 0 Å². The molecule has 1 aromatic rings. The van der Waals surface area contributed by atoms with Gasteiger partial charge in [0.1, 0.15) is 5.75 Å².